The third-order valence-electron chi connectivity index (χ3n) is 5.15. The van der Waals surface area contributed by atoms with E-state index in [4.69, 9.17) is 9.47 Å². The van der Waals surface area contributed by atoms with Gasteiger partial charge < -0.3 is 14.8 Å². The fourth-order valence-electron chi connectivity index (χ4n) is 3.72. The zero-order valence-electron chi connectivity index (χ0n) is 16.9. The molecule has 4 rings (SSSR count). The first-order valence-electron chi connectivity index (χ1n) is 9.91. The quantitative estimate of drug-likeness (QED) is 0.664. The predicted molar refractivity (Wildman–Crippen MR) is 113 cm³/mol. The summed E-state index contributed by atoms with van der Waals surface area (Å²) in [4.78, 5) is 6.90. The third kappa shape index (κ3) is 4.86. The van der Waals surface area contributed by atoms with E-state index in [1.165, 1.54) is 0 Å². The maximum absolute atomic E-state index is 5.38. The summed E-state index contributed by atoms with van der Waals surface area (Å²) < 4.78 is 12.6. The van der Waals surface area contributed by atoms with Gasteiger partial charge in [-0.15, -0.1) is 5.10 Å². The molecule has 0 radical (unpaired) electrons. The Morgan fingerprint density at radius 3 is 2.55 bits per heavy atom. The van der Waals surface area contributed by atoms with E-state index in [1.54, 1.807) is 20.5 Å². The van der Waals surface area contributed by atoms with Crippen molar-refractivity contribution in [1.29, 1.82) is 0 Å². The number of nitrogens with one attached hydrogen (secondary N) is 1. The SMILES string of the molecule is COc1cc(N[C@@H]2CCCN(Cc3ncn(-c4ccccc4)n3)C2)cc(OC)c1. The standard InChI is InChI=1S/C22H27N5O2/c1-28-20-11-18(12-21(13-20)29-2)24-17-7-6-10-26(14-17)15-22-23-16-27(25-22)19-8-4-3-5-9-19/h3-5,8-9,11-13,16-17,24H,6-7,10,14-15H2,1-2H3/t17-/m1/s1. The normalized spacial score (nSPS) is 17.1. The Labute approximate surface area is 171 Å². The lowest BCUT2D eigenvalue weighted by atomic mass is 10.1. The number of aromatic nitrogens is 3. The zero-order valence-corrected chi connectivity index (χ0v) is 16.9. The molecular weight excluding hydrogens is 366 g/mol. The molecule has 2 aromatic carbocycles. The van der Waals surface area contributed by atoms with Gasteiger partial charge in [-0.05, 0) is 31.5 Å². The molecule has 2 heterocycles. The summed E-state index contributed by atoms with van der Waals surface area (Å²) in [7, 11) is 3.34. The van der Waals surface area contributed by atoms with Gasteiger partial charge in [-0.3, -0.25) is 4.90 Å². The molecule has 0 saturated carbocycles. The average Bonchev–Trinajstić information content (AvgIpc) is 3.23. The number of likely N-dealkylation sites (tertiary alicyclic amines) is 1. The first-order valence-corrected chi connectivity index (χ1v) is 9.91. The van der Waals surface area contributed by atoms with Crippen LogP contribution in [0.2, 0.25) is 0 Å². The van der Waals surface area contributed by atoms with Crippen LogP contribution in [0.25, 0.3) is 5.69 Å². The predicted octanol–water partition coefficient (Wildman–Crippen LogP) is 3.36. The Morgan fingerprint density at radius 1 is 1.07 bits per heavy atom. The van der Waals surface area contributed by atoms with E-state index in [-0.39, 0.29) is 0 Å². The van der Waals surface area contributed by atoms with E-state index in [0.717, 1.165) is 61.2 Å². The van der Waals surface area contributed by atoms with E-state index < -0.39 is 0 Å². The monoisotopic (exact) mass is 393 g/mol. The molecule has 0 spiro atoms. The second-order valence-corrected chi connectivity index (χ2v) is 7.26. The molecular formula is C22H27N5O2. The molecule has 0 amide bonds. The molecule has 7 nitrogen and oxygen atoms in total. The highest BCUT2D eigenvalue weighted by atomic mass is 16.5. The van der Waals surface area contributed by atoms with Crippen molar-refractivity contribution in [2.24, 2.45) is 0 Å². The van der Waals surface area contributed by atoms with Crippen LogP contribution in [0.15, 0.2) is 54.9 Å². The van der Waals surface area contributed by atoms with E-state index in [9.17, 15) is 0 Å². The minimum absolute atomic E-state index is 0.358. The highest BCUT2D eigenvalue weighted by molar-refractivity contribution is 5.54. The van der Waals surface area contributed by atoms with Crippen LogP contribution < -0.4 is 14.8 Å². The van der Waals surface area contributed by atoms with Crippen LogP contribution >= 0.6 is 0 Å². The summed E-state index contributed by atoms with van der Waals surface area (Å²) in [6.07, 6.45) is 4.05. The summed E-state index contributed by atoms with van der Waals surface area (Å²) in [5, 5.41) is 8.27. The second-order valence-electron chi connectivity index (χ2n) is 7.26. The molecule has 1 aliphatic heterocycles. The summed E-state index contributed by atoms with van der Waals surface area (Å²) in [5.74, 6) is 2.42. The number of hydrogen-bond acceptors (Lipinski definition) is 6. The summed E-state index contributed by atoms with van der Waals surface area (Å²) >= 11 is 0. The summed E-state index contributed by atoms with van der Waals surface area (Å²) in [6.45, 7) is 2.75. The fourth-order valence-corrected chi connectivity index (χ4v) is 3.72. The first kappa shape index (κ1) is 19.3. The number of methoxy groups -OCH3 is 2. The van der Waals surface area contributed by atoms with Gasteiger partial charge in [0.05, 0.1) is 26.5 Å². The summed E-state index contributed by atoms with van der Waals surface area (Å²) in [5.41, 5.74) is 2.04. The van der Waals surface area contributed by atoms with Crippen LogP contribution in [0.1, 0.15) is 18.7 Å². The van der Waals surface area contributed by atoms with Gasteiger partial charge in [0, 0.05) is 36.5 Å². The number of nitrogens with zero attached hydrogens (tertiary/aromatic N) is 4. The van der Waals surface area contributed by atoms with E-state index in [0.29, 0.717) is 6.04 Å². The number of ether oxygens (including phenoxy) is 2. The van der Waals surface area contributed by atoms with Crippen LogP contribution in [0.3, 0.4) is 0 Å². The number of rotatable bonds is 7. The molecule has 7 heteroatoms. The van der Waals surface area contributed by atoms with Crippen LogP contribution in [-0.4, -0.2) is 53.0 Å². The van der Waals surface area contributed by atoms with Crippen LogP contribution in [0.4, 0.5) is 5.69 Å². The number of para-hydroxylation sites is 1. The molecule has 1 atom stereocenters. The lowest BCUT2D eigenvalue weighted by Gasteiger charge is -2.33. The van der Waals surface area contributed by atoms with Crippen molar-refractivity contribution in [1.82, 2.24) is 19.7 Å². The van der Waals surface area contributed by atoms with Crippen molar-refractivity contribution in [3.05, 3.63) is 60.7 Å². The maximum Gasteiger partial charge on any atom is 0.164 e. The van der Waals surface area contributed by atoms with E-state index in [2.05, 4.69) is 20.3 Å². The molecule has 0 bridgehead atoms. The molecule has 3 aromatic rings. The smallest absolute Gasteiger partial charge is 0.164 e. The number of anilines is 1. The molecule has 1 aromatic heterocycles. The van der Waals surface area contributed by atoms with Gasteiger partial charge in [-0.25, -0.2) is 9.67 Å². The van der Waals surface area contributed by atoms with Gasteiger partial charge in [-0.1, -0.05) is 18.2 Å². The lowest BCUT2D eigenvalue weighted by Crippen LogP contribution is -2.41. The van der Waals surface area contributed by atoms with Crippen molar-refractivity contribution in [3.8, 4) is 17.2 Å². The molecule has 0 aliphatic carbocycles. The minimum atomic E-state index is 0.358. The minimum Gasteiger partial charge on any atom is -0.497 e. The number of benzene rings is 2. The van der Waals surface area contributed by atoms with Crippen LogP contribution in [0.5, 0.6) is 11.5 Å². The third-order valence-corrected chi connectivity index (χ3v) is 5.15. The Balaban J connectivity index is 1.38. The van der Waals surface area contributed by atoms with Crippen molar-refractivity contribution in [2.75, 3.05) is 32.6 Å². The maximum atomic E-state index is 5.38. The largest absolute Gasteiger partial charge is 0.497 e. The van der Waals surface area contributed by atoms with Gasteiger partial charge in [0.1, 0.15) is 17.8 Å². The molecule has 1 saturated heterocycles. The molecule has 1 fully saturated rings. The van der Waals surface area contributed by atoms with Gasteiger partial charge >= 0.3 is 0 Å². The van der Waals surface area contributed by atoms with E-state index in [1.807, 2.05) is 53.2 Å². The van der Waals surface area contributed by atoms with Crippen molar-refractivity contribution >= 4 is 5.69 Å². The van der Waals surface area contributed by atoms with Crippen LogP contribution in [0, 0.1) is 0 Å². The average molecular weight is 393 g/mol. The van der Waals surface area contributed by atoms with Crippen LogP contribution in [-0.2, 0) is 6.54 Å². The Bertz CT molecular complexity index is 906. The highest BCUT2D eigenvalue weighted by Crippen LogP contribution is 2.27. The lowest BCUT2D eigenvalue weighted by molar-refractivity contribution is 0.204. The molecule has 29 heavy (non-hydrogen) atoms. The first-order chi connectivity index (χ1) is 14.2. The second kappa shape index (κ2) is 8.96. The Morgan fingerprint density at radius 2 is 1.83 bits per heavy atom. The molecule has 152 valence electrons. The number of hydrogen-bond donors (Lipinski definition) is 1. The fraction of sp³-hybridized carbons (Fsp3) is 0.364. The molecule has 0 unspecified atom stereocenters. The van der Waals surface area contributed by atoms with Crippen molar-refractivity contribution in [3.63, 3.8) is 0 Å². The Kier molecular flexibility index (Phi) is 5.95. The van der Waals surface area contributed by atoms with Crippen molar-refractivity contribution in [2.45, 2.75) is 25.4 Å². The van der Waals surface area contributed by atoms with Crippen molar-refractivity contribution < 1.29 is 9.47 Å². The molecule has 1 N–H and O–H groups in total. The Hall–Kier alpha value is -3.06. The highest BCUT2D eigenvalue weighted by Gasteiger charge is 2.21. The van der Waals surface area contributed by atoms with Gasteiger partial charge in [0.2, 0.25) is 0 Å². The topological polar surface area (TPSA) is 64.4 Å². The number of piperidine rings is 1. The van der Waals surface area contributed by atoms with Gasteiger partial charge in [0.15, 0.2) is 5.82 Å². The van der Waals surface area contributed by atoms with E-state index >= 15 is 0 Å². The molecule has 1 aliphatic rings. The van der Waals surface area contributed by atoms with Gasteiger partial charge in [-0.2, -0.15) is 0 Å². The zero-order chi connectivity index (χ0) is 20.1. The van der Waals surface area contributed by atoms with Gasteiger partial charge in [0.25, 0.3) is 0 Å². The summed E-state index contributed by atoms with van der Waals surface area (Å²) in [6, 6.07) is 16.3.